The Labute approximate surface area is 183 Å². The molecule has 3 aromatic rings. The number of rotatable bonds is 2. The number of aromatic nitrogens is 2. The molecule has 0 bridgehead atoms. The van der Waals surface area contributed by atoms with Gasteiger partial charge in [-0.15, -0.1) is 0 Å². The van der Waals surface area contributed by atoms with E-state index in [1.54, 1.807) is 0 Å². The van der Waals surface area contributed by atoms with E-state index in [9.17, 15) is 5.11 Å². The van der Waals surface area contributed by atoms with E-state index in [1.807, 2.05) is 6.07 Å². The SMILES string of the molecule is [C-]#[N+]C1=C(O)[C@@H](C)[C@@H]2CCc3c(nc(C)n3-c3cccc(-c4ccccc4)c3)[C@@]2(C)C1. The molecular formula is C27H27N3O. The van der Waals surface area contributed by atoms with E-state index in [1.165, 1.54) is 16.8 Å². The Balaban J connectivity index is 1.63. The number of fused-ring (bicyclic) bond motifs is 3. The summed E-state index contributed by atoms with van der Waals surface area (Å²) in [6, 6.07) is 19.1. The van der Waals surface area contributed by atoms with Crippen molar-refractivity contribution >= 4 is 0 Å². The normalized spacial score (nSPS) is 25.0. The van der Waals surface area contributed by atoms with E-state index in [0.29, 0.717) is 18.0 Å². The summed E-state index contributed by atoms with van der Waals surface area (Å²) in [4.78, 5) is 8.74. The third kappa shape index (κ3) is 2.91. The maximum absolute atomic E-state index is 10.6. The van der Waals surface area contributed by atoms with Gasteiger partial charge in [-0.05, 0) is 55.4 Å². The zero-order valence-corrected chi connectivity index (χ0v) is 18.3. The molecule has 4 nitrogen and oxygen atoms in total. The molecule has 0 spiro atoms. The summed E-state index contributed by atoms with van der Waals surface area (Å²) < 4.78 is 2.30. The molecule has 0 saturated heterocycles. The van der Waals surface area contributed by atoms with Crippen LogP contribution in [0.3, 0.4) is 0 Å². The van der Waals surface area contributed by atoms with E-state index < -0.39 is 0 Å². The fourth-order valence-electron chi connectivity index (χ4n) is 5.85. The van der Waals surface area contributed by atoms with E-state index in [4.69, 9.17) is 11.6 Å². The van der Waals surface area contributed by atoms with Gasteiger partial charge in [0.25, 0.3) is 0 Å². The van der Waals surface area contributed by atoms with Crippen LogP contribution in [0.25, 0.3) is 21.7 Å². The van der Waals surface area contributed by atoms with Crippen molar-refractivity contribution in [2.45, 2.75) is 45.4 Å². The Kier molecular flexibility index (Phi) is 4.51. The van der Waals surface area contributed by atoms with Crippen LogP contribution in [0.1, 0.15) is 43.9 Å². The maximum atomic E-state index is 10.6. The van der Waals surface area contributed by atoms with Crippen molar-refractivity contribution < 1.29 is 5.11 Å². The van der Waals surface area contributed by atoms with Gasteiger partial charge in [-0.25, -0.2) is 9.83 Å². The van der Waals surface area contributed by atoms with E-state index in [-0.39, 0.29) is 17.1 Å². The van der Waals surface area contributed by atoms with Crippen LogP contribution in [0.4, 0.5) is 0 Å². The predicted octanol–water partition coefficient (Wildman–Crippen LogP) is 6.40. The smallest absolute Gasteiger partial charge is 0.203 e. The van der Waals surface area contributed by atoms with Gasteiger partial charge >= 0.3 is 0 Å². The highest BCUT2D eigenvalue weighted by Crippen LogP contribution is 2.53. The van der Waals surface area contributed by atoms with Gasteiger partial charge in [0.15, 0.2) is 0 Å². The molecule has 0 fully saturated rings. The minimum Gasteiger partial charge on any atom is -0.523 e. The Hall–Kier alpha value is -3.32. The minimum absolute atomic E-state index is 0.0112. The Morgan fingerprint density at radius 3 is 2.61 bits per heavy atom. The number of nitrogens with zero attached hydrogens (tertiary/aromatic N) is 3. The van der Waals surface area contributed by atoms with Crippen molar-refractivity contribution in [1.29, 1.82) is 0 Å². The molecule has 0 radical (unpaired) electrons. The van der Waals surface area contributed by atoms with Gasteiger partial charge in [-0.2, -0.15) is 0 Å². The molecule has 5 rings (SSSR count). The van der Waals surface area contributed by atoms with Crippen LogP contribution in [0.2, 0.25) is 0 Å². The highest BCUT2D eigenvalue weighted by atomic mass is 16.3. The number of aliphatic hydroxyl groups is 1. The summed E-state index contributed by atoms with van der Waals surface area (Å²) in [5, 5.41) is 10.6. The minimum atomic E-state index is -0.230. The number of allylic oxidation sites excluding steroid dienone is 2. The van der Waals surface area contributed by atoms with Crippen LogP contribution in [-0.2, 0) is 11.8 Å². The summed E-state index contributed by atoms with van der Waals surface area (Å²) >= 11 is 0. The average molecular weight is 410 g/mol. The van der Waals surface area contributed by atoms with Crippen LogP contribution in [-0.4, -0.2) is 14.7 Å². The highest BCUT2D eigenvalue weighted by Gasteiger charge is 2.50. The third-order valence-electron chi connectivity index (χ3n) is 7.40. The number of imidazole rings is 1. The van der Waals surface area contributed by atoms with Crippen LogP contribution < -0.4 is 0 Å². The first-order valence-electron chi connectivity index (χ1n) is 11.0. The molecule has 156 valence electrons. The molecule has 1 N–H and O–H groups in total. The number of aryl methyl sites for hydroxylation is 1. The zero-order chi connectivity index (χ0) is 21.8. The van der Waals surface area contributed by atoms with E-state index in [2.05, 4.69) is 78.7 Å². The lowest BCUT2D eigenvalue weighted by Gasteiger charge is -2.47. The number of hydrogen-bond acceptors (Lipinski definition) is 2. The quantitative estimate of drug-likeness (QED) is 0.498. The Morgan fingerprint density at radius 2 is 1.87 bits per heavy atom. The fraction of sp³-hybridized carbons (Fsp3) is 0.333. The summed E-state index contributed by atoms with van der Waals surface area (Å²) in [6.45, 7) is 13.9. The van der Waals surface area contributed by atoms with E-state index >= 15 is 0 Å². The molecule has 1 heterocycles. The number of hydrogen-bond donors (Lipinski definition) is 1. The van der Waals surface area contributed by atoms with Gasteiger partial charge in [0.05, 0.1) is 18.0 Å². The average Bonchev–Trinajstić information content (AvgIpc) is 3.14. The zero-order valence-electron chi connectivity index (χ0n) is 18.3. The second-order valence-corrected chi connectivity index (χ2v) is 9.18. The van der Waals surface area contributed by atoms with E-state index in [0.717, 1.165) is 30.0 Å². The van der Waals surface area contributed by atoms with Crippen LogP contribution in [0.15, 0.2) is 66.1 Å². The Morgan fingerprint density at radius 1 is 1.13 bits per heavy atom. The molecule has 31 heavy (non-hydrogen) atoms. The lowest BCUT2D eigenvalue weighted by molar-refractivity contribution is 0.135. The van der Waals surface area contributed by atoms with Crippen LogP contribution >= 0.6 is 0 Å². The van der Waals surface area contributed by atoms with Crippen LogP contribution in [0, 0.1) is 25.3 Å². The summed E-state index contributed by atoms with van der Waals surface area (Å²) in [6.07, 6.45) is 2.48. The van der Waals surface area contributed by atoms with Crippen molar-refractivity contribution in [3.05, 3.63) is 94.7 Å². The molecular weight excluding hydrogens is 382 g/mol. The number of benzene rings is 2. The molecule has 0 amide bonds. The number of aliphatic hydroxyl groups excluding tert-OH is 1. The van der Waals surface area contributed by atoms with Crippen molar-refractivity contribution in [1.82, 2.24) is 9.55 Å². The first-order chi connectivity index (χ1) is 14.9. The Bertz CT molecular complexity index is 1230. The van der Waals surface area contributed by atoms with Crippen molar-refractivity contribution in [2.75, 3.05) is 0 Å². The molecule has 3 atom stereocenters. The predicted molar refractivity (Wildman–Crippen MR) is 123 cm³/mol. The lowest BCUT2D eigenvalue weighted by atomic mass is 9.58. The standard InChI is InChI=1S/C27H27N3O/c1-17-22-13-14-24-26(27(22,3)16-23(28-4)25(17)31)29-18(2)30(24)21-12-8-11-20(15-21)19-9-6-5-7-10-19/h5-12,15,17,22,31H,13-14,16H2,1-3H3/t17-,22-,27-/m0/s1. The fourth-order valence-corrected chi connectivity index (χ4v) is 5.85. The monoisotopic (exact) mass is 409 g/mol. The summed E-state index contributed by atoms with van der Waals surface area (Å²) in [5.74, 6) is 1.55. The van der Waals surface area contributed by atoms with Crippen LogP contribution in [0.5, 0.6) is 0 Å². The largest absolute Gasteiger partial charge is 0.523 e. The molecule has 1 aromatic heterocycles. The van der Waals surface area contributed by atoms with Gasteiger partial charge in [0, 0.05) is 22.7 Å². The van der Waals surface area contributed by atoms with Crippen molar-refractivity contribution in [2.24, 2.45) is 11.8 Å². The maximum Gasteiger partial charge on any atom is 0.203 e. The van der Waals surface area contributed by atoms with Crippen molar-refractivity contribution in [3.8, 4) is 16.8 Å². The third-order valence-corrected chi connectivity index (χ3v) is 7.40. The second kappa shape index (κ2) is 7.13. The highest BCUT2D eigenvalue weighted by molar-refractivity contribution is 5.66. The molecule has 2 aliphatic rings. The summed E-state index contributed by atoms with van der Waals surface area (Å²) in [5.41, 5.74) is 6.14. The van der Waals surface area contributed by atoms with Gasteiger partial charge in [-0.3, -0.25) is 0 Å². The van der Waals surface area contributed by atoms with Gasteiger partial charge in [0.2, 0.25) is 5.70 Å². The first-order valence-corrected chi connectivity index (χ1v) is 11.0. The topological polar surface area (TPSA) is 42.4 Å². The molecule has 2 aromatic carbocycles. The molecule has 0 aliphatic heterocycles. The molecule has 4 heteroatoms. The van der Waals surface area contributed by atoms with Gasteiger partial charge in [0.1, 0.15) is 5.82 Å². The summed E-state index contributed by atoms with van der Waals surface area (Å²) in [7, 11) is 0. The molecule has 2 aliphatic carbocycles. The first kappa shape index (κ1) is 19.6. The van der Waals surface area contributed by atoms with Gasteiger partial charge < -0.3 is 9.67 Å². The lowest BCUT2D eigenvalue weighted by Crippen LogP contribution is -2.44. The second-order valence-electron chi connectivity index (χ2n) is 9.18. The molecule has 0 saturated carbocycles. The van der Waals surface area contributed by atoms with Crippen molar-refractivity contribution in [3.63, 3.8) is 0 Å². The van der Waals surface area contributed by atoms with Gasteiger partial charge in [-0.1, -0.05) is 56.3 Å². The molecule has 0 unspecified atom stereocenters.